The van der Waals surface area contributed by atoms with Crippen molar-refractivity contribution in [2.45, 2.75) is 6.67 Å². The van der Waals surface area contributed by atoms with Crippen LogP contribution in [0.3, 0.4) is 0 Å². The molecule has 6 heteroatoms. The fraction of sp³-hybridized carbons (Fsp3) is 0.167. The first-order valence-corrected chi connectivity index (χ1v) is 3.79. The van der Waals surface area contributed by atoms with Gasteiger partial charge in [-0.05, 0) is 15.9 Å². The molecule has 0 unspecified atom stereocenters. The Balaban J connectivity index is 3.10. The minimum Gasteiger partial charge on any atom is -0.258 e. The third-order valence-electron chi connectivity index (χ3n) is 1.24. The van der Waals surface area contributed by atoms with Crippen LogP contribution >= 0.6 is 15.9 Å². The molecule has 0 aliphatic rings. The van der Waals surface area contributed by atoms with Crippen LogP contribution in [0.15, 0.2) is 16.7 Å². The van der Waals surface area contributed by atoms with E-state index < -0.39 is 11.6 Å². The molecule has 0 amide bonds. The number of hydrogen-bond acceptors (Lipinski definition) is 3. The lowest BCUT2D eigenvalue weighted by atomic mass is 10.3. The molecule has 0 atom stereocenters. The summed E-state index contributed by atoms with van der Waals surface area (Å²) in [5, 5.41) is 10.2. The molecule has 0 aliphatic carbocycles. The smallest absolute Gasteiger partial charge is 0.258 e. The van der Waals surface area contributed by atoms with E-state index in [-0.39, 0.29) is 11.4 Å². The zero-order chi connectivity index (χ0) is 9.14. The van der Waals surface area contributed by atoms with E-state index in [1.807, 2.05) is 0 Å². The Morgan fingerprint density at radius 3 is 2.83 bits per heavy atom. The number of halogens is 2. The van der Waals surface area contributed by atoms with Gasteiger partial charge in [0.1, 0.15) is 12.9 Å². The molecule has 0 saturated carbocycles. The van der Waals surface area contributed by atoms with Crippen LogP contribution in [0.1, 0.15) is 5.69 Å². The second-order valence-electron chi connectivity index (χ2n) is 2.01. The molecule has 64 valence electrons. The SMILES string of the molecule is O=[N+]([O-])c1cnc(CF)c(Br)c1. The van der Waals surface area contributed by atoms with Crippen molar-refractivity contribution >= 4 is 21.6 Å². The van der Waals surface area contributed by atoms with Gasteiger partial charge in [0.2, 0.25) is 0 Å². The van der Waals surface area contributed by atoms with Gasteiger partial charge in [-0.1, -0.05) is 0 Å². The second kappa shape index (κ2) is 3.57. The normalized spacial score (nSPS) is 9.83. The first-order valence-electron chi connectivity index (χ1n) is 3.00. The van der Waals surface area contributed by atoms with Gasteiger partial charge in [0, 0.05) is 10.5 Å². The van der Waals surface area contributed by atoms with Crippen molar-refractivity contribution in [3.8, 4) is 0 Å². The van der Waals surface area contributed by atoms with Gasteiger partial charge >= 0.3 is 0 Å². The Hall–Kier alpha value is -1.04. The summed E-state index contributed by atoms with van der Waals surface area (Å²) in [5.74, 6) is 0. The summed E-state index contributed by atoms with van der Waals surface area (Å²) in [5.41, 5.74) is 0.0136. The highest BCUT2D eigenvalue weighted by Crippen LogP contribution is 2.20. The van der Waals surface area contributed by atoms with Crippen molar-refractivity contribution in [2.24, 2.45) is 0 Å². The van der Waals surface area contributed by atoms with Crippen LogP contribution in [0.4, 0.5) is 10.1 Å². The first kappa shape index (κ1) is 9.05. The number of hydrogen-bond donors (Lipinski definition) is 0. The summed E-state index contributed by atoms with van der Waals surface area (Å²) < 4.78 is 12.4. The number of pyridine rings is 1. The number of aromatic nitrogens is 1. The molecule has 1 aromatic heterocycles. The average Bonchev–Trinajstić information content (AvgIpc) is 2.04. The van der Waals surface area contributed by atoms with E-state index in [2.05, 4.69) is 20.9 Å². The largest absolute Gasteiger partial charge is 0.288 e. The number of nitro groups is 1. The van der Waals surface area contributed by atoms with Crippen LogP contribution in [-0.2, 0) is 6.67 Å². The van der Waals surface area contributed by atoms with Crippen molar-refractivity contribution in [2.75, 3.05) is 0 Å². The van der Waals surface area contributed by atoms with Gasteiger partial charge in [-0.15, -0.1) is 0 Å². The summed E-state index contributed by atoms with van der Waals surface area (Å²) in [7, 11) is 0. The molecule has 1 heterocycles. The summed E-state index contributed by atoms with van der Waals surface area (Å²) >= 11 is 2.97. The molecular formula is C6H4BrFN2O2. The molecule has 12 heavy (non-hydrogen) atoms. The third-order valence-corrected chi connectivity index (χ3v) is 1.93. The maximum atomic E-state index is 12.1. The lowest BCUT2D eigenvalue weighted by Crippen LogP contribution is -1.92. The van der Waals surface area contributed by atoms with Crippen LogP contribution in [0.5, 0.6) is 0 Å². The molecule has 0 bridgehead atoms. The lowest BCUT2D eigenvalue weighted by Gasteiger charge is -1.96. The highest BCUT2D eigenvalue weighted by Gasteiger charge is 2.09. The molecule has 4 nitrogen and oxygen atoms in total. The molecule has 0 spiro atoms. The van der Waals surface area contributed by atoms with Crippen molar-refractivity contribution < 1.29 is 9.31 Å². The Morgan fingerprint density at radius 2 is 2.42 bits per heavy atom. The van der Waals surface area contributed by atoms with E-state index in [0.717, 1.165) is 6.20 Å². The maximum Gasteiger partial charge on any atom is 0.288 e. The minimum absolute atomic E-state index is 0.154. The van der Waals surface area contributed by atoms with Crippen LogP contribution in [0.2, 0.25) is 0 Å². The van der Waals surface area contributed by atoms with Gasteiger partial charge in [-0.2, -0.15) is 0 Å². The molecule has 0 N–H and O–H groups in total. The Kier molecular flexibility index (Phi) is 2.69. The van der Waals surface area contributed by atoms with Gasteiger partial charge in [0.15, 0.2) is 0 Å². The van der Waals surface area contributed by atoms with Crippen molar-refractivity contribution in [3.05, 3.63) is 32.5 Å². The number of nitrogens with zero attached hydrogens (tertiary/aromatic N) is 2. The van der Waals surface area contributed by atoms with Crippen LogP contribution < -0.4 is 0 Å². The highest BCUT2D eigenvalue weighted by molar-refractivity contribution is 9.10. The van der Waals surface area contributed by atoms with Gasteiger partial charge in [-0.3, -0.25) is 15.1 Å². The third kappa shape index (κ3) is 1.76. The second-order valence-corrected chi connectivity index (χ2v) is 2.87. The van der Waals surface area contributed by atoms with Crippen LogP contribution in [0, 0.1) is 10.1 Å². The predicted octanol–water partition coefficient (Wildman–Crippen LogP) is 2.22. The molecule has 0 saturated heterocycles. The molecule has 1 rings (SSSR count). The van der Waals surface area contributed by atoms with E-state index in [0.29, 0.717) is 4.47 Å². The quantitative estimate of drug-likeness (QED) is 0.583. The fourth-order valence-corrected chi connectivity index (χ4v) is 1.10. The van der Waals surface area contributed by atoms with E-state index in [1.54, 1.807) is 0 Å². The van der Waals surface area contributed by atoms with Crippen molar-refractivity contribution in [1.82, 2.24) is 4.98 Å². The summed E-state index contributed by atoms with van der Waals surface area (Å²) in [4.78, 5) is 13.2. The van der Waals surface area contributed by atoms with E-state index >= 15 is 0 Å². The number of alkyl halides is 1. The summed E-state index contributed by atoms with van der Waals surface area (Å²) in [6.45, 7) is -0.738. The zero-order valence-corrected chi connectivity index (χ0v) is 7.41. The summed E-state index contributed by atoms with van der Waals surface area (Å²) in [6.07, 6.45) is 1.03. The Bertz CT molecular complexity index is 318. The van der Waals surface area contributed by atoms with E-state index in [9.17, 15) is 14.5 Å². The van der Waals surface area contributed by atoms with E-state index in [1.165, 1.54) is 6.07 Å². The Morgan fingerprint density at radius 1 is 1.75 bits per heavy atom. The molecule has 0 aromatic carbocycles. The molecule has 0 fully saturated rings. The van der Waals surface area contributed by atoms with E-state index in [4.69, 9.17) is 0 Å². The highest BCUT2D eigenvalue weighted by atomic mass is 79.9. The maximum absolute atomic E-state index is 12.1. The molecule has 1 aromatic rings. The molecule has 0 aliphatic heterocycles. The number of rotatable bonds is 2. The van der Waals surface area contributed by atoms with Gasteiger partial charge in [0.25, 0.3) is 5.69 Å². The zero-order valence-electron chi connectivity index (χ0n) is 5.83. The topological polar surface area (TPSA) is 56.0 Å². The van der Waals surface area contributed by atoms with Crippen LogP contribution in [-0.4, -0.2) is 9.91 Å². The van der Waals surface area contributed by atoms with Gasteiger partial charge < -0.3 is 0 Å². The lowest BCUT2D eigenvalue weighted by molar-refractivity contribution is -0.385. The van der Waals surface area contributed by atoms with Gasteiger partial charge in [-0.25, -0.2) is 4.39 Å². The Labute approximate surface area is 75.7 Å². The van der Waals surface area contributed by atoms with Crippen molar-refractivity contribution in [3.63, 3.8) is 0 Å². The average molecular weight is 235 g/mol. The van der Waals surface area contributed by atoms with Crippen molar-refractivity contribution in [1.29, 1.82) is 0 Å². The minimum atomic E-state index is -0.738. The predicted molar refractivity (Wildman–Crippen MR) is 43.4 cm³/mol. The molecular weight excluding hydrogens is 231 g/mol. The van der Waals surface area contributed by atoms with Crippen LogP contribution in [0.25, 0.3) is 0 Å². The fourth-order valence-electron chi connectivity index (χ4n) is 0.654. The standard InChI is InChI=1S/C6H4BrFN2O2/c7-5-1-4(10(11)12)3-9-6(5)2-8/h1,3H,2H2. The molecule has 0 radical (unpaired) electrons. The monoisotopic (exact) mass is 234 g/mol. The van der Waals surface area contributed by atoms with Gasteiger partial charge in [0.05, 0.1) is 10.6 Å². The summed E-state index contributed by atoms with van der Waals surface area (Å²) in [6, 6.07) is 1.22. The first-order chi connectivity index (χ1) is 5.65.